The summed E-state index contributed by atoms with van der Waals surface area (Å²) in [5, 5.41) is 39.1. The van der Waals surface area contributed by atoms with Crippen molar-refractivity contribution < 1.29 is 0 Å². The SMILES string of the molecule is N#CC1(C#N)[C@H]2C=C[C@@H]([C@H]3C(c4ccccc4)=C[C@@H]32)C1(C#N)C#N. The van der Waals surface area contributed by atoms with Gasteiger partial charge in [0.05, 0.1) is 24.3 Å². The van der Waals surface area contributed by atoms with Crippen molar-refractivity contribution in [3.05, 3.63) is 54.1 Å². The molecule has 0 aliphatic heterocycles. The molecule has 4 aliphatic carbocycles. The predicted octanol–water partition coefficient (Wildman–Crippen LogP) is 3.20. The molecule has 0 heterocycles. The first-order chi connectivity index (χ1) is 11.7. The standard InChI is InChI=1S/C20H12N4/c21-9-19(10-22)16-6-7-17(20(19,11-23)12-24)18-14(8-15(16)18)13-4-2-1-3-5-13/h1-8,15-18H/t15-,16+,17+,18+/m1/s1. The van der Waals surface area contributed by atoms with E-state index in [1.165, 1.54) is 0 Å². The fourth-order valence-electron chi connectivity index (χ4n) is 4.75. The molecule has 112 valence electrons. The molecule has 4 nitrogen and oxygen atoms in total. The Bertz CT molecular complexity index is 915. The zero-order chi connectivity index (χ0) is 16.9. The van der Waals surface area contributed by atoms with Crippen molar-refractivity contribution in [2.75, 3.05) is 0 Å². The Morgan fingerprint density at radius 2 is 1.29 bits per heavy atom. The van der Waals surface area contributed by atoms with E-state index in [1.54, 1.807) is 0 Å². The van der Waals surface area contributed by atoms with Crippen molar-refractivity contribution in [2.45, 2.75) is 0 Å². The van der Waals surface area contributed by atoms with Gasteiger partial charge in [0.1, 0.15) is 0 Å². The van der Waals surface area contributed by atoms with Crippen LogP contribution in [0.4, 0.5) is 0 Å². The second-order valence-corrected chi connectivity index (χ2v) is 6.59. The van der Waals surface area contributed by atoms with Gasteiger partial charge in [0.25, 0.3) is 0 Å². The molecule has 0 saturated heterocycles. The van der Waals surface area contributed by atoms with Gasteiger partial charge in [0, 0.05) is 17.8 Å². The maximum absolute atomic E-state index is 9.82. The highest BCUT2D eigenvalue weighted by Gasteiger charge is 2.72. The van der Waals surface area contributed by atoms with E-state index in [9.17, 15) is 21.0 Å². The average Bonchev–Trinajstić information content (AvgIpc) is 2.62. The molecular formula is C20H12N4. The van der Waals surface area contributed by atoms with Gasteiger partial charge in [-0.3, -0.25) is 0 Å². The zero-order valence-corrected chi connectivity index (χ0v) is 12.7. The third kappa shape index (κ3) is 1.31. The molecule has 0 radical (unpaired) electrons. The summed E-state index contributed by atoms with van der Waals surface area (Å²) >= 11 is 0. The summed E-state index contributed by atoms with van der Waals surface area (Å²) in [5.41, 5.74) is -1.07. The number of hydrogen-bond donors (Lipinski definition) is 0. The van der Waals surface area contributed by atoms with Crippen LogP contribution >= 0.6 is 0 Å². The van der Waals surface area contributed by atoms with Crippen LogP contribution in [0.15, 0.2) is 48.6 Å². The van der Waals surface area contributed by atoms with Crippen LogP contribution in [0.2, 0.25) is 0 Å². The van der Waals surface area contributed by atoms with Gasteiger partial charge in [-0.15, -0.1) is 0 Å². The van der Waals surface area contributed by atoms with Gasteiger partial charge < -0.3 is 0 Å². The first-order valence-electron chi connectivity index (χ1n) is 7.79. The lowest BCUT2D eigenvalue weighted by atomic mass is 9.37. The smallest absolute Gasteiger partial charge is 0.182 e. The van der Waals surface area contributed by atoms with Crippen molar-refractivity contribution >= 4 is 5.57 Å². The van der Waals surface area contributed by atoms with Crippen LogP contribution in [0.5, 0.6) is 0 Å². The molecule has 0 unspecified atom stereocenters. The molecule has 5 rings (SSSR count). The van der Waals surface area contributed by atoms with Crippen molar-refractivity contribution in [1.29, 1.82) is 21.0 Å². The summed E-state index contributed by atoms with van der Waals surface area (Å²) in [5.74, 6) is -0.822. The van der Waals surface area contributed by atoms with Crippen LogP contribution in [0.3, 0.4) is 0 Å². The number of benzene rings is 1. The number of rotatable bonds is 1. The van der Waals surface area contributed by atoms with Crippen molar-refractivity contribution in [2.24, 2.45) is 34.5 Å². The summed E-state index contributed by atoms with van der Waals surface area (Å²) in [6.45, 7) is 0. The van der Waals surface area contributed by atoms with Gasteiger partial charge in [-0.25, -0.2) is 0 Å². The second kappa shape index (κ2) is 4.58. The summed E-state index contributed by atoms with van der Waals surface area (Å²) in [7, 11) is 0. The molecule has 0 N–H and O–H groups in total. The van der Waals surface area contributed by atoms with Crippen LogP contribution < -0.4 is 0 Å². The molecule has 24 heavy (non-hydrogen) atoms. The molecule has 1 aromatic carbocycles. The van der Waals surface area contributed by atoms with E-state index < -0.39 is 22.7 Å². The molecule has 2 bridgehead atoms. The van der Waals surface area contributed by atoms with Gasteiger partial charge in [0.15, 0.2) is 10.8 Å². The molecular weight excluding hydrogens is 296 g/mol. The topological polar surface area (TPSA) is 95.2 Å². The van der Waals surface area contributed by atoms with E-state index in [0.717, 1.165) is 11.1 Å². The second-order valence-electron chi connectivity index (χ2n) is 6.59. The first kappa shape index (κ1) is 14.3. The van der Waals surface area contributed by atoms with E-state index in [2.05, 4.69) is 18.2 Å². The van der Waals surface area contributed by atoms with Gasteiger partial charge in [0.2, 0.25) is 0 Å². The number of fused-ring (bicyclic) bond motifs is 1. The van der Waals surface area contributed by atoms with Gasteiger partial charge in [-0.05, 0) is 17.1 Å². The maximum Gasteiger partial charge on any atom is 0.182 e. The first-order valence-corrected chi connectivity index (χ1v) is 7.79. The van der Waals surface area contributed by atoms with Gasteiger partial charge in [-0.1, -0.05) is 48.6 Å². The van der Waals surface area contributed by atoms with Crippen molar-refractivity contribution in [3.8, 4) is 24.3 Å². The van der Waals surface area contributed by atoms with Crippen LogP contribution in [0.25, 0.3) is 5.57 Å². The highest BCUT2D eigenvalue weighted by Crippen LogP contribution is 2.69. The van der Waals surface area contributed by atoms with Crippen LogP contribution in [0.1, 0.15) is 5.56 Å². The fraction of sp³-hybridized carbons (Fsp3) is 0.300. The molecule has 0 spiro atoms. The highest BCUT2D eigenvalue weighted by atomic mass is 14.7. The molecule has 0 amide bonds. The molecule has 1 saturated carbocycles. The number of nitrogens with zero attached hydrogens (tertiary/aromatic N) is 4. The lowest BCUT2D eigenvalue weighted by Gasteiger charge is -2.59. The summed E-state index contributed by atoms with van der Waals surface area (Å²) in [6, 6.07) is 18.1. The lowest BCUT2D eigenvalue weighted by Crippen LogP contribution is -2.62. The Morgan fingerprint density at radius 1 is 0.750 bits per heavy atom. The van der Waals surface area contributed by atoms with Crippen LogP contribution in [-0.2, 0) is 0 Å². The minimum atomic E-state index is -1.63. The van der Waals surface area contributed by atoms with Gasteiger partial charge in [-0.2, -0.15) is 21.0 Å². The fourth-order valence-corrected chi connectivity index (χ4v) is 4.75. The largest absolute Gasteiger partial charge is 0.196 e. The average molecular weight is 308 g/mol. The maximum atomic E-state index is 9.82. The molecule has 1 aromatic rings. The minimum absolute atomic E-state index is 0.0107. The Hall–Kier alpha value is -3.34. The summed E-state index contributed by atoms with van der Waals surface area (Å²) < 4.78 is 0. The highest BCUT2D eigenvalue weighted by molar-refractivity contribution is 5.76. The Kier molecular flexibility index (Phi) is 2.72. The number of hydrogen-bond acceptors (Lipinski definition) is 4. The van der Waals surface area contributed by atoms with E-state index in [0.29, 0.717) is 0 Å². The lowest BCUT2D eigenvalue weighted by molar-refractivity contribution is 0.0152. The van der Waals surface area contributed by atoms with E-state index >= 15 is 0 Å². The summed E-state index contributed by atoms with van der Waals surface area (Å²) in [4.78, 5) is 0. The van der Waals surface area contributed by atoms with Crippen LogP contribution in [0, 0.1) is 79.8 Å². The Labute approximate surface area is 140 Å². The van der Waals surface area contributed by atoms with E-state index in [4.69, 9.17) is 0 Å². The van der Waals surface area contributed by atoms with E-state index in [-0.39, 0.29) is 11.8 Å². The normalized spacial score (nSPS) is 32.8. The van der Waals surface area contributed by atoms with Crippen molar-refractivity contribution in [1.82, 2.24) is 0 Å². The predicted molar refractivity (Wildman–Crippen MR) is 84.8 cm³/mol. The molecule has 1 fully saturated rings. The number of nitriles is 4. The summed E-state index contributed by atoms with van der Waals surface area (Å²) in [6.07, 6.45) is 5.84. The Balaban J connectivity index is 1.92. The van der Waals surface area contributed by atoms with Crippen LogP contribution in [-0.4, -0.2) is 0 Å². The third-order valence-electron chi connectivity index (χ3n) is 5.91. The van der Waals surface area contributed by atoms with E-state index in [1.807, 2.05) is 54.6 Å². The monoisotopic (exact) mass is 308 g/mol. The van der Waals surface area contributed by atoms with Crippen molar-refractivity contribution in [3.63, 3.8) is 0 Å². The quantitative estimate of drug-likeness (QED) is 0.744. The molecule has 4 atom stereocenters. The van der Waals surface area contributed by atoms with Gasteiger partial charge >= 0.3 is 0 Å². The Morgan fingerprint density at radius 3 is 1.88 bits per heavy atom. The minimum Gasteiger partial charge on any atom is -0.196 e. The molecule has 0 aromatic heterocycles. The number of allylic oxidation sites excluding steroid dienone is 4. The molecule has 4 heteroatoms. The third-order valence-corrected chi connectivity index (χ3v) is 5.91. The molecule has 4 aliphatic rings. The zero-order valence-electron chi connectivity index (χ0n) is 12.7.